The standard InChI is InChI=1S/C14H12ClFN2O/c15-8-13(10-4-2-1-3-5-10)18-14(19)11-6-7-17-9-12(11)16/h1-7,9,13H,8H2,(H,18,19). The monoisotopic (exact) mass is 278 g/mol. The molecule has 0 saturated heterocycles. The Bertz CT molecular complexity index is 562. The van der Waals surface area contributed by atoms with Crippen LogP contribution in [0.3, 0.4) is 0 Å². The lowest BCUT2D eigenvalue weighted by molar-refractivity contribution is 0.0936. The molecule has 0 saturated carbocycles. The molecule has 3 nitrogen and oxygen atoms in total. The smallest absolute Gasteiger partial charge is 0.254 e. The molecule has 98 valence electrons. The van der Waals surface area contributed by atoms with Gasteiger partial charge in [-0.2, -0.15) is 0 Å². The fraction of sp³-hybridized carbons (Fsp3) is 0.143. The van der Waals surface area contributed by atoms with E-state index in [0.29, 0.717) is 0 Å². The molecular formula is C14H12ClFN2O. The van der Waals surface area contributed by atoms with Crippen LogP contribution in [0.4, 0.5) is 4.39 Å². The minimum absolute atomic E-state index is 0.0407. The van der Waals surface area contributed by atoms with Crippen molar-refractivity contribution in [2.75, 3.05) is 5.88 Å². The van der Waals surface area contributed by atoms with E-state index in [9.17, 15) is 9.18 Å². The van der Waals surface area contributed by atoms with Crippen LogP contribution in [-0.4, -0.2) is 16.8 Å². The van der Waals surface area contributed by atoms with Crippen LogP contribution in [0.5, 0.6) is 0 Å². The number of carbonyl (C=O) groups is 1. The van der Waals surface area contributed by atoms with Gasteiger partial charge in [-0.05, 0) is 11.6 Å². The highest BCUT2D eigenvalue weighted by Crippen LogP contribution is 2.15. The lowest BCUT2D eigenvalue weighted by Crippen LogP contribution is -2.30. The second-order valence-electron chi connectivity index (χ2n) is 3.95. The molecule has 0 spiro atoms. The summed E-state index contributed by atoms with van der Waals surface area (Å²) in [7, 11) is 0. The number of nitrogens with zero attached hydrogens (tertiary/aromatic N) is 1. The van der Waals surface area contributed by atoms with E-state index < -0.39 is 11.7 Å². The molecular weight excluding hydrogens is 267 g/mol. The second-order valence-corrected chi connectivity index (χ2v) is 4.26. The van der Waals surface area contributed by atoms with Gasteiger partial charge in [-0.3, -0.25) is 9.78 Å². The normalized spacial score (nSPS) is 11.9. The number of aromatic nitrogens is 1. The van der Waals surface area contributed by atoms with Gasteiger partial charge < -0.3 is 5.32 Å². The van der Waals surface area contributed by atoms with Gasteiger partial charge in [0.05, 0.1) is 17.8 Å². The third-order valence-corrected chi connectivity index (χ3v) is 2.99. The summed E-state index contributed by atoms with van der Waals surface area (Å²) in [5, 5.41) is 2.70. The number of hydrogen-bond donors (Lipinski definition) is 1. The molecule has 0 aliphatic rings. The summed E-state index contributed by atoms with van der Waals surface area (Å²) in [5.74, 6) is -0.946. The molecule has 1 aromatic carbocycles. The van der Waals surface area contributed by atoms with Gasteiger partial charge in [-0.25, -0.2) is 4.39 Å². The third kappa shape index (κ3) is 3.29. The number of rotatable bonds is 4. The van der Waals surface area contributed by atoms with Crippen LogP contribution in [0.2, 0.25) is 0 Å². The molecule has 0 bridgehead atoms. The molecule has 1 aromatic heterocycles. The van der Waals surface area contributed by atoms with Gasteiger partial charge in [0.2, 0.25) is 0 Å². The van der Waals surface area contributed by atoms with Crippen molar-refractivity contribution in [2.45, 2.75) is 6.04 Å². The predicted octanol–water partition coefficient (Wildman–Crippen LogP) is 2.93. The molecule has 1 amide bonds. The average Bonchev–Trinajstić information content (AvgIpc) is 2.46. The van der Waals surface area contributed by atoms with Crippen molar-refractivity contribution in [2.24, 2.45) is 0 Å². The SMILES string of the molecule is O=C(NC(CCl)c1ccccc1)c1ccncc1F. The molecule has 1 atom stereocenters. The zero-order valence-electron chi connectivity index (χ0n) is 10.0. The maximum atomic E-state index is 13.4. The fourth-order valence-electron chi connectivity index (χ4n) is 1.69. The van der Waals surface area contributed by atoms with Crippen molar-refractivity contribution in [1.29, 1.82) is 0 Å². The molecule has 5 heteroatoms. The molecule has 19 heavy (non-hydrogen) atoms. The van der Waals surface area contributed by atoms with Crippen LogP contribution in [0.15, 0.2) is 48.8 Å². The van der Waals surface area contributed by atoms with Gasteiger partial charge in [0.25, 0.3) is 5.91 Å². The van der Waals surface area contributed by atoms with E-state index in [1.54, 1.807) is 0 Å². The number of halogens is 2. The minimum Gasteiger partial charge on any atom is -0.344 e. The van der Waals surface area contributed by atoms with E-state index >= 15 is 0 Å². The summed E-state index contributed by atoms with van der Waals surface area (Å²) in [5.41, 5.74) is 0.835. The molecule has 1 unspecified atom stereocenters. The highest BCUT2D eigenvalue weighted by Gasteiger charge is 2.17. The number of hydrogen-bond acceptors (Lipinski definition) is 2. The minimum atomic E-state index is -0.651. The van der Waals surface area contributed by atoms with E-state index in [1.165, 1.54) is 12.3 Å². The van der Waals surface area contributed by atoms with Gasteiger partial charge in [-0.1, -0.05) is 30.3 Å². The average molecular weight is 279 g/mol. The van der Waals surface area contributed by atoms with Crippen LogP contribution >= 0.6 is 11.6 Å². The van der Waals surface area contributed by atoms with Crippen LogP contribution < -0.4 is 5.32 Å². The van der Waals surface area contributed by atoms with Crippen molar-refractivity contribution in [3.63, 3.8) is 0 Å². The van der Waals surface area contributed by atoms with Gasteiger partial charge in [0, 0.05) is 12.1 Å². The molecule has 1 heterocycles. The van der Waals surface area contributed by atoms with Gasteiger partial charge in [-0.15, -0.1) is 11.6 Å². The van der Waals surface area contributed by atoms with Gasteiger partial charge in [0.15, 0.2) is 5.82 Å². The summed E-state index contributed by atoms with van der Waals surface area (Å²) < 4.78 is 13.4. The van der Waals surface area contributed by atoms with E-state index in [0.717, 1.165) is 11.8 Å². The Balaban J connectivity index is 2.16. The van der Waals surface area contributed by atoms with Crippen LogP contribution in [0.1, 0.15) is 22.0 Å². The Hall–Kier alpha value is -1.94. The highest BCUT2D eigenvalue weighted by molar-refractivity contribution is 6.18. The number of benzene rings is 1. The van der Waals surface area contributed by atoms with Crippen molar-refractivity contribution in [3.8, 4) is 0 Å². The van der Waals surface area contributed by atoms with Crippen LogP contribution in [-0.2, 0) is 0 Å². The Labute approximate surface area is 115 Å². The summed E-state index contributed by atoms with van der Waals surface area (Å²) in [6.07, 6.45) is 2.38. The largest absolute Gasteiger partial charge is 0.344 e. The van der Waals surface area contributed by atoms with Gasteiger partial charge in [0.1, 0.15) is 0 Å². The van der Waals surface area contributed by atoms with Crippen molar-refractivity contribution >= 4 is 17.5 Å². The second kappa shape index (κ2) is 6.29. The Kier molecular flexibility index (Phi) is 4.47. The van der Waals surface area contributed by atoms with Crippen molar-refractivity contribution in [1.82, 2.24) is 10.3 Å². The van der Waals surface area contributed by atoms with E-state index in [1.807, 2.05) is 30.3 Å². The highest BCUT2D eigenvalue weighted by atomic mass is 35.5. The van der Waals surface area contributed by atoms with E-state index in [2.05, 4.69) is 10.3 Å². The number of pyridine rings is 1. The van der Waals surface area contributed by atoms with Crippen LogP contribution in [0, 0.1) is 5.82 Å². The quantitative estimate of drug-likeness (QED) is 0.874. The molecule has 0 fully saturated rings. The van der Waals surface area contributed by atoms with Crippen molar-refractivity contribution in [3.05, 3.63) is 65.7 Å². The topological polar surface area (TPSA) is 42.0 Å². The third-order valence-electron chi connectivity index (χ3n) is 2.68. The van der Waals surface area contributed by atoms with E-state index in [-0.39, 0.29) is 17.5 Å². The summed E-state index contributed by atoms with van der Waals surface area (Å²) in [6.45, 7) is 0. The summed E-state index contributed by atoms with van der Waals surface area (Å²) in [4.78, 5) is 15.6. The molecule has 1 N–H and O–H groups in total. The lowest BCUT2D eigenvalue weighted by Gasteiger charge is -2.16. The van der Waals surface area contributed by atoms with Crippen LogP contribution in [0.25, 0.3) is 0 Å². The zero-order chi connectivity index (χ0) is 13.7. The first-order chi connectivity index (χ1) is 9.22. The number of alkyl halides is 1. The molecule has 0 radical (unpaired) electrons. The fourth-order valence-corrected chi connectivity index (χ4v) is 1.95. The lowest BCUT2D eigenvalue weighted by atomic mass is 10.1. The zero-order valence-corrected chi connectivity index (χ0v) is 10.8. The Morgan fingerprint density at radius 2 is 2.05 bits per heavy atom. The Morgan fingerprint density at radius 1 is 1.32 bits per heavy atom. The van der Waals surface area contributed by atoms with E-state index in [4.69, 9.17) is 11.6 Å². The first-order valence-corrected chi connectivity index (χ1v) is 6.27. The van der Waals surface area contributed by atoms with Gasteiger partial charge >= 0.3 is 0 Å². The summed E-state index contributed by atoms with van der Waals surface area (Å²) in [6, 6.07) is 10.3. The molecule has 2 aromatic rings. The maximum Gasteiger partial charge on any atom is 0.254 e. The predicted molar refractivity (Wildman–Crippen MR) is 71.6 cm³/mol. The molecule has 0 aliphatic heterocycles. The number of nitrogens with one attached hydrogen (secondary N) is 1. The molecule has 0 aliphatic carbocycles. The first kappa shape index (κ1) is 13.5. The van der Waals surface area contributed by atoms with Crippen molar-refractivity contribution < 1.29 is 9.18 Å². The summed E-state index contributed by atoms with van der Waals surface area (Å²) >= 11 is 5.85. The first-order valence-electron chi connectivity index (χ1n) is 5.73. The molecule has 2 rings (SSSR count). The maximum absolute atomic E-state index is 13.4. The number of carbonyl (C=O) groups excluding carboxylic acids is 1. The number of amides is 1. The Morgan fingerprint density at radius 3 is 2.68 bits per heavy atom.